The first-order chi connectivity index (χ1) is 10.8. The average molecular weight is 298 g/mol. The maximum Gasteiger partial charge on any atom is 0.259 e. The summed E-state index contributed by atoms with van der Waals surface area (Å²) in [6.07, 6.45) is 2.48. The third kappa shape index (κ3) is 4.07. The highest BCUT2D eigenvalue weighted by atomic mass is 16.5. The standard InChI is InChI=1S/C18H22N2O2/c1-3-20(14-12-15-9-6-5-7-10-15)18(21)16-11-8-13-19-17(16)22-4-2/h5-11,13H,3-4,12,14H2,1-2H3. The van der Waals surface area contributed by atoms with E-state index in [-0.39, 0.29) is 5.91 Å². The second-order valence-electron chi connectivity index (χ2n) is 4.91. The van der Waals surface area contributed by atoms with Gasteiger partial charge in [-0.05, 0) is 38.0 Å². The van der Waals surface area contributed by atoms with Crippen LogP contribution in [0.4, 0.5) is 0 Å². The number of benzene rings is 1. The Balaban J connectivity index is 2.08. The van der Waals surface area contributed by atoms with Crippen molar-refractivity contribution in [2.45, 2.75) is 20.3 Å². The van der Waals surface area contributed by atoms with Crippen molar-refractivity contribution < 1.29 is 9.53 Å². The zero-order valence-corrected chi connectivity index (χ0v) is 13.2. The van der Waals surface area contributed by atoms with Crippen LogP contribution >= 0.6 is 0 Å². The van der Waals surface area contributed by atoms with Gasteiger partial charge >= 0.3 is 0 Å². The SMILES string of the molecule is CCOc1ncccc1C(=O)N(CC)CCc1ccccc1. The van der Waals surface area contributed by atoms with E-state index in [1.165, 1.54) is 5.56 Å². The summed E-state index contributed by atoms with van der Waals surface area (Å²) in [4.78, 5) is 18.7. The maximum absolute atomic E-state index is 12.7. The molecule has 1 aromatic heterocycles. The van der Waals surface area contributed by atoms with E-state index in [1.807, 2.05) is 36.9 Å². The molecule has 22 heavy (non-hydrogen) atoms. The lowest BCUT2D eigenvalue weighted by molar-refractivity contribution is 0.0761. The fourth-order valence-electron chi connectivity index (χ4n) is 2.29. The normalized spacial score (nSPS) is 10.3. The Bertz CT molecular complexity index is 599. The topological polar surface area (TPSA) is 42.4 Å². The zero-order valence-electron chi connectivity index (χ0n) is 13.2. The Labute approximate surface area is 131 Å². The zero-order chi connectivity index (χ0) is 15.8. The van der Waals surface area contributed by atoms with E-state index < -0.39 is 0 Å². The van der Waals surface area contributed by atoms with E-state index in [2.05, 4.69) is 17.1 Å². The van der Waals surface area contributed by atoms with Gasteiger partial charge in [0.15, 0.2) is 0 Å². The fourth-order valence-corrected chi connectivity index (χ4v) is 2.29. The van der Waals surface area contributed by atoms with Gasteiger partial charge in [-0.15, -0.1) is 0 Å². The molecule has 0 aliphatic rings. The van der Waals surface area contributed by atoms with Crippen LogP contribution in [0, 0.1) is 0 Å². The van der Waals surface area contributed by atoms with Crippen LogP contribution in [-0.2, 0) is 6.42 Å². The number of amides is 1. The second-order valence-corrected chi connectivity index (χ2v) is 4.91. The Morgan fingerprint density at radius 3 is 2.59 bits per heavy atom. The van der Waals surface area contributed by atoms with Crippen LogP contribution in [0.2, 0.25) is 0 Å². The molecule has 2 aromatic rings. The minimum Gasteiger partial charge on any atom is -0.477 e. The Morgan fingerprint density at radius 1 is 1.14 bits per heavy atom. The number of aromatic nitrogens is 1. The van der Waals surface area contributed by atoms with Gasteiger partial charge in [0, 0.05) is 19.3 Å². The molecule has 0 aliphatic heterocycles. The van der Waals surface area contributed by atoms with E-state index >= 15 is 0 Å². The molecule has 4 nitrogen and oxygen atoms in total. The van der Waals surface area contributed by atoms with Crippen LogP contribution < -0.4 is 4.74 Å². The molecule has 0 saturated carbocycles. The van der Waals surface area contributed by atoms with Gasteiger partial charge in [-0.3, -0.25) is 4.79 Å². The Hall–Kier alpha value is -2.36. The van der Waals surface area contributed by atoms with E-state index in [4.69, 9.17) is 4.74 Å². The van der Waals surface area contributed by atoms with Gasteiger partial charge in [0.05, 0.1) is 6.61 Å². The number of hydrogen-bond acceptors (Lipinski definition) is 3. The molecule has 0 N–H and O–H groups in total. The van der Waals surface area contributed by atoms with Crippen molar-refractivity contribution in [2.75, 3.05) is 19.7 Å². The first kappa shape index (κ1) is 16.0. The molecule has 0 radical (unpaired) electrons. The van der Waals surface area contributed by atoms with Crippen LogP contribution in [0.1, 0.15) is 29.8 Å². The van der Waals surface area contributed by atoms with Crippen molar-refractivity contribution in [3.05, 3.63) is 59.8 Å². The molecule has 0 bridgehead atoms. The minimum atomic E-state index is -0.0324. The van der Waals surface area contributed by atoms with Crippen molar-refractivity contribution >= 4 is 5.91 Å². The predicted octanol–water partition coefficient (Wildman–Crippen LogP) is 3.19. The highest BCUT2D eigenvalue weighted by Gasteiger charge is 2.19. The molecule has 0 spiro atoms. The number of ether oxygens (including phenoxy) is 1. The van der Waals surface area contributed by atoms with Crippen molar-refractivity contribution in [1.29, 1.82) is 0 Å². The molecule has 1 amide bonds. The lowest BCUT2D eigenvalue weighted by Crippen LogP contribution is -2.33. The summed E-state index contributed by atoms with van der Waals surface area (Å²) in [6.45, 7) is 5.70. The molecule has 0 fully saturated rings. The second kappa shape index (κ2) is 8.17. The first-order valence-electron chi connectivity index (χ1n) is 7.67. The van der Waals surface area contributed by atoms with Crippen LogP contribution in [0.5, 0.6) is 5.88 Å². The van der Waals surface area contributed by atoms with Gasteiger partial charge in [0.2, 0.25) is 5.88 Å². The van der Waals surface area contributed by atoms with Crippen molar-refractivity contribution in [3.63, 3.8) is 0 Å². The van der Waals surface area contributed by atoms with Crippen LogP contribution in [-0.4, -0.2) is 35.5 Å². The third-order valence-corrected chi connectivity index (χ3v) is 3.46. The molecule has 0 saturated heterocycles. The summed E-state index contributed by atoms with van der Waals surface area (Å²) in [5.74, 6) is 0.378. The lowest BCUT2D eigenvalue weighted by Gasteiger charge is -2.21. The monoisotopic (exact) mass is 298 g/mol. The summed E-state index contributed by atoms with van der Waals surface area (Å²) in [7, 11) is 0. The van der Waals surface area contributed by atoms with Crippen LogP contribution in [0.15, 0.2) is 48.7 Å². The Morgan fingerprint density at radius 2 is 1.91 bits per heavy atom. The smallest absolute Gasteiger partial charge is 0.259 e. The predicted molar refractivity (Wildman–Crippen MR) is 87.1 cm³/mol. The summed E-state index contributed by atoms with van der Waals surface area (Å²) in [5, 5.41) is 0. The van der Waals surface area contributed by atoms with Gasteiger partial charge < -0.3 is 9.64 Å². The molecule has 0 unspecified atom stereocenters. The van der Waals surface area contributed by atoms with Crippen LogP contribution in [0.3, 0.4) is 0 Å². The molecule has 2 rings (SSSR count). The number of nitrogens with zero attached hydrogens (tertiary/aromatic N) is 2. The summed E-state index contributed by atoms with van der Waals surface area (Å²) in [5.41, 5.74) is 1.75. The first-order valence-corrected chi connectivity index (χ1v) is 7.67. The highest BCUT2D eigenvalue weighted by molar-refractivity contribution is 5.96. The number of hydrogen-bond donors (Lipinski definition) is 0. The molecule has 1 heterocycles. The highest BCUT2D eigenvalue weighted by Crippen LogP contribution is 2.17. The molecule has 0 atom stereocenters. The molecule has 116 valence electrons. The quantitative estimate of drug-likeness (QED) is 0.788. The summed E-state index contributed by atoms with van der Waals surface area (Å²) in [6, 6.07) is 13.7. The lowest BCUT2D eigenvalue weighted by atomic mass is 10.1. The molecular weight excluding hydrogens is 276 g/mol. The number of pyridine rings is 1. The van der Waals surface area contributed by atoms with Crippen LogP contribution in [0.25, 0.3) is 0 Å². The Kier molecular flexibility index (Phi) is 5.95. The largest absolute Gasteiger partial charge is 0.477 e. The number of likely N-dealkylation sites (N-methyl/N-ethyl adjacent to an activating group) is 1. The molecular formula is C18H22N2O2. The van der Waals surface area contributed by atoms with Gasteiger partial charge in [0.1, 0.15) is 5.56 Å². The molecule has 1 aromatic carbocycles. The molecule has 0 aliphatic carbocycles. The minimum absolute atomic E-state index is 0.0324. The van der Waals surface area contributed by atoms with Gasteiger partial charge in [-0.25, -0.2) is 4.98 Å². The van der Waals surface area contributed by atoms with E-state index in [0.717, 1.165) is 6.42 Å². The van der Waals surface area contributed by atoms with Gasteiger partial charge in [0.25, 0.3) is 5.91 Å². The van der Waals surface area contributed by atoms with Crippen molar-refractivity contribution in [2.24, 2.45) is 0 Å². The maximum atomic E-state index is 12.7. The van der Waals surface area contributed by atoms with E-state index in [1.54, 1.807) is 18.3 Å². The number of carbonyl (C=O) groups excluding carboxylic acids is 1. The third-order valence-electron chi connectivity index (χ3n) is 3.46. The molecule has 4 heteroatoms. The van der Waals surface area contributed by atoms with Crippen molar-refractivity contribution in [1.82, 2.24) is 9.88 Å². The van der Waals surface area contributed by atoms with Crippen molar-refractivity contribution in [3.8, 4) is 5.88 Å². The number of carbonyl (C=O) groups is 1. The summed E-state index contributed by atoms with van der Waals surface area (Å²) >= 11 is 0. The van der Waals surface area contributed by atoms with Gasteiger partial charge in [-0.1, -0.05) is 30.3 Å². The average Bonchev–Trinajstić information content (AvgIpc) is 2.57. The van der Waals surface area contributed by atoms with Gasteiger partial charge in [-0.2, -0.15) is 0 Å². The fraction of sp³-hybridized carbons (Fsp3) is 0.333. The van der Waals surface area contributed by atoms with E-state index in [0.29, 0.717) is 31.1 Å². The van der Waals surface area contributed by atoms with E-state index in [9.17, 15) is 4.79 Å². The summed E-state index contributed by atoms with van der Waals surface area (Å²) < 4.78 is 5.46. The number of rotatable bonds is 7.